The number of nitrogens with zero attached hydrogens (tertiary/aromatic N) is 3. The maximum absolute atomic E-state index is 4.58. The number of aromatic nitrogens is 3. The molecule has 5 rings (SSSR count). The fourth-order valence-electron chi connectivity index (χ4n) is 3.64. The molecule has 0 aliphatic rings. The van der Waals surface area contributed by atoms with Crippen LogP contribution in [0.1, 0.15) is 0 Å². The van der Waals surface area contributed by atoms with Crippen molar-refractivity contribution in [1.29, 1.82) is 0 Å². The molecular formula is C22H16IrN3-. The second-order valence-corrected chi connectivity index (χ2v) is 6.15. The van der Waals surface area contributed by atoms with E-state index in [0.717, 1.165) is 17.1 Å². The van der Waals surface area contributed by atoms with E-state index in [9.17, 15) is 0 Å². The van der Waals surface area contributed by atoms with Crippen LogP contribution in [0.5, 0.6) is 0 Å². The zero-order valence-corrected chi connectivity index (χ0v) is 16.6. The van der Waals surface area contributed by atoms with Crippen LogP contribution < -0.4 is 0 Å². The molecule has 0 N–H and O–H groups in total. The first-order chi connectivity index (χ1) is 12.3. The standard InChI is InChI=1S/C22H16N3.Ir/c1-24-19-12-6-5-10-17(19)18-11-7-13-20(21(18)24)25-15-14-23-22(25)16-8-3-2-4-9-16;/h2-8,10-15H,1H3;/q-1;. The summed E-state index contributed by atoms with van der Waals surface area (Å²) in [5.74, 6) is 0.901. The predicted molar refractivity (Wildman–Crippen MR) is 102 cm³/mol. The topological polar surface area (TPSA) is 22.8 Å². The molecule has 0 aliphatic carbocycles. The van der Waals surface area contributed by atoms with Gasteiger partial charge in [-0.2, -0.15) is 0 Å². The van der Waals surface area contributed by atoms with Gasteiger partial charge in [0.05, 0.1) is 17.0 Å². The van der Waals surface area contributed by atoms with E-state index in [1.54, 1.807) is 0 Å². The maximum Gasteiger partial charge on any atom is 0.0726 e. The summed E-state index contributed by atoms with van der Waals surface area (Å²) in [6, 6.07) is 26.2. The quantitative estimate of drug-likeness (QED) is 0.305. The molecular weight excluding hydrogens is 498 g/mol. The van der Waals surface area contributed by atoms with Crippen LogP contribution in [0.25, 0.3) is 38.9 Å². The largest absolute Gasteiger partial charge is 0.342 e. The first kappa shape index (κ1) is 16.8. The predicted octanol–water partition coefficient (Wildman–Crippen LogP) is 4.98. The normalized spacial score (nSPS) is 11.0. The van der Waals surface area contributed by atoms with Crippen molar-refractivity contribution in [2.75, 3.05) is 0 Å². The van der Waals surface area contributed by atoms with Crippen LogP contribution in [0.15, 0.2) is 79.1 Å². The van der Waals surface area contributed by atoms with Gasteiger partial charge in [-0.05, 0) is 12.1 Å². The molecule has 0 bridgehead atoms. The molecule has 0 saturated carbocycles. The Hall–Kier alpha value is -2.68. The summed E-state index contributed by atoms with van der Waals surface area (Å²) in [5.41, 5.74) is 4.56. The van der Waals surface area contributed by atoms with Crippen LogP contribution in [0.4, 0.5) is 0 Å². The fraction of sp³-hybridized carbons (Fsp3) is 0.0455. The van der Waals surface area contributed by atoms with Gasteiger partial charge >= 0.3 is 0 Å². The van der Waals surface area contributed by atoms with Gasteiger partial charge in [0.15, 0.2) is 0 Å². The molecule has 129 valence electrons. The Morgan fingerprint density at radius 2 is 1.69 bits per heavy atom. The molecule has 4 heteroatoms. The Balaban J connectivity index is 0.00000168. The molecule has 0 spiro atoms. The molecule has 2 aromatic heterocycles. The summed E-state index contributed by atoms with van der Waals surface area (Å²) < 4.78 is 4.41. The summed E-state index contributed by atoms with van der Waals surface area (Å²) in [4.78, 5) is 4.58. The third-order valence-corrected chi connectivity index (χ3v) is 4.76. The molecule has 0 aliphatic heterocycles. The minimum Gasteiger partial charge on any atom is -0.342 e. The maximum atomic E-state index is 4.58. The van der Waals surface area contributed by atoms with E-state index in [1.165, 1.54) is 21.8 Å². The van der Waals surface area contributed by atoms with E-state index < -0.39 is 0 Å². The fourth-order valence-corrected chi connectivity index (χ4v) is 3.64. The third-order valence-electron chi connectivity index (χ3n) is 4.76. The number of hydrogen-bond acceptors (Lipinski definition) is 1. The van der Waals surface area contributed by atoms with Crippen LogP contribution in [0.2, 0.25) is 0 Å². The summed E-state index contributed by atoms with van der Waals surface area (Å²) >= 11 is 0. The average molecular weight is 515 g/mol. The van der Waals surface area contributed by atoms with Crippen molar-refractivity contribution in [3.8, 4) is 17.1 Å². The summed E-state index contributed by atoms with van der Waals surface area (Å²) in [6.45, 7) is 0. The third kappa shape index (κ3) is 2.42. The monoisotopic (exact) mass is 515 g/mol. The Morgan fingerprint density at radius 1 is 0.885 bits per heavy atom. The van der Waals surface area contributed by atoms with Crippen LogP contribution in [0, 0.1) is 6.07 Å². The molecule has 0 fully saturated rings. The van der Waals surface area contributed by atoms with E-state index >= 15 is 0 Å². The molecule has 3 nitrogen and oxygen atoms in total. The minimum absolute atomic E-state index is 0. The number of rotatable bonds is 2. The summed E-state index contributed by atoms with van der Waals surface area (Å²) in [7, 11) is 2.12. The van der Waals surface area contributed by atoms with E-state index in [4.69, 9.17) is 0 Å². The van der Waals surface area contributed by atoms with Crippen molar-refractivity contribution in [2.45, 2.75) is 0 Å². The molecule has 1 radical (unpaired) electrons. The van der Waals surface area contributed by atoms with Gasteiger partial charge < -0.3 is 9.13 Å². The first-order valence-electron chi connectivity index (χ1n) is 8.31. The molecule has 0 unspecified atom stereocenters. The van der Waals surface area contributed by atoms with Gasteiger partial charge in [0.2, 0.25) is 0 Å². The molecule has 3 aromatic carbocycles. The molecule has 2 heterocycles. The number of para-hydroxylation sites is 2. The van der Waals surface area contributed by atoms with Gasteiger partial charge in [-0.1, -0.05) is 30.3 Å². The number of hydrogen-bond donors (Lipinski definition) is 0. The van der Waals surface area contributed by atoms with Crippen LogP contribution in [-0.4, -0.2) is 14.1 Å². The van der Waals surface area contributed by atoms with Gasteiger partial charge in [-0.15, -0.1) is 35.9 Å². The Kier molecular flexibility index (Phi) is 4.23. The summed E-state index contributed by atoms with van der Waals surface area (Å²) in [6.07, 6.45) is 3.86. The molecule has 0 amide bonds. The Morgan fingerprint density at radius 3 is 2.54 bits per heavy atom. The second kappa shape index (κ2) is 6.56. The smallest absolute Gasteiger partial charge is 0.0726 e. The van der Waals surface area contributed by atoms with E-state index in [0.29, 0.717) is 0 Å². The van der Waals surface area contributed by atoms with Crippen molar-refractivity contribution in [2.24, 2.45) is 7.05 Å². The van der Waals surface area contributed by atoms with Crippen LogP contribution in [-0.2, 0) is 27.2 Å². The van der Waals surface area contributed by atoms with Gasteiger partial charge in [-0.25, -0.2) is 0 Å². The van der Waals surface area contributed by atoms with Crippen molar-refractivity contribution in [3.05, 3.63) is 85.2 Å². The second-order valence-electron chi connectivity index (χ2n) is 6.15. The number of benzene rings is 3. The van der Waals surface area contributed by atoms with Crippen molar-refractivity contribution >= 4 is 21.8 Å². The number of imidazole rings is 1. The Bertz CT molecular complexity index is 1200. The van der Waals surface area contributed by atoms with E-state index in [-0.39, 0.29) is 20.1 Å². The summed E-state index contributed by atoms with van der Waals surface area (Å²) in [5, 5.41) is 2.53. The SMILES string of the molecule is Cn1c2ccccc2c2cccc(-n3ccnc3-c3[c-]cccc3)c21.[Ir]. The molecule has 0 saturated heterocycles. The van der Waals surface area contributed by atoms with E-state index in [1.807, 2.05) is 36.7 Å². The van der Waals surface area contributed by atoms with Crippen LogP contribution >= 0.6 is 0 Å². The van der Waals surface area contributed by atoms with Crippen molar-refractivity contribution < 1.29 is 20.1 Å². The molecule has 5 aromatic rings. The average Bonchev–Trinajstić information content (AvgIpc) is 3.27. The number of aryl methyl sites for hydroxylation is 1. The van der Waals surface area contributed by atoms with Gasteiger partial charge in [-0.3, -0.25) is 4.98 Å². The Labute approximate surface area is 165 Å². The van der Waals surface area contributed by atoms with Crippen molar-refractivity contribution in [3.63, 3.8) is 0 Å². The van der Waals surface area contributed by atoms with Crippen molar-refractivity contribution in [1.82, 2.24) is 14.1 Å². The minimum atomic E-state index is 0. The first-order valence-corrected chi connectivity index (χ1v) is 8.31. The van der Waals surface area contributed by atoms with Gasteiger partial charge in [0.25, 0.3) is 0 Å². The zero-order chi connectivity index (χ0) is 16.8. The van der Waals surface area contributed by atoms with Crippen LogP contribution in [0.3, 0.4) is 0 Å². The molecule has 26 heavy (non-hydrogen) atoms. The van der Waals surface area contributed by atoms with Gasteiger partial charge in [0, 0.05) is 55.8 Å². The van der Waals surface area contributed by atoms with E-state index in [2.05, 4.69) is 69.7 Å². The zero-order valence-electron chi connectivity index (χ0n) is 14.2. The van der Waals surface area contributed by atoms with Gasteiger partial charge in [0.1, 0.15) is 0 Å². The molecule has 0 atom stereocenters. The number of fused-ring (bicyclic) bond motifs is 3.